The fourth-order valence-corrected chi connectivity index (χ4v) is 1.44. The van der Waals surface area contributed by atoms with Gasteiger partial charge in [0.2, 0.25) is 0 Å². The summed E-state index contributed by atoms with van der Waals surface area (Å²) in [6.07, 6.45) is -0.401. The third kappa shape index (κ3) is 4.70. The van der Waals surface area contributed by atoms with Crippen LogP contribution >= 0.6 is 0 Å². The Labute approximate surface area is 108 Å². The van der Waals surface area contributed by atoms with Gasteiger partial charge in [-0.25, -0.2) is 0 Å². The minimum Gasteiger partial charge on any atom is -0.489 e. The Bertz CT molecular complexity index is 415. The van der Waals surface area contributed by atoms with Crippen molar-refractivity contribution in [3.05, 3.63) is 23.5 Å². The van der Waals surface area contributed by atoms with Crippen molar-refractivity contribution in [2.24, 2.45) is 0 Å². The molecule has 0 spiro atoms. The molecule has 98 valence electrons. The van der Waals surface area contributed by atoms with E-state index >= 15 is 0 Å². The van der Waals surface area contributed by atoms with Crippen molar-refractivity contribution in [2.45, 2.75) is 26.5 Å². The third-order valence-corrected chi connectivity index (χ3v) is 2.31. The number of nitrogens with zero attached hydrogens (tertiary/aromatic N) is 2. The maximum absolute atomic E-state index is 8.56. The summed E-state index contributed by atoms with van der Waals surface area (Å²) in [4.78, 5) is 4.41. The molecule has 0 radical (unpaired) electrons. The van der Waals surface area contributed by atoms with E-state index in [1.54, 1.807) is 6.92 Å². The maximum Gasteiger partial charge on any atom is 0.142 e. The van der Waals surface area contributed by atoms with Gasteiger partial charge in [0.15, 0.2) is 0 Å². The fraction of sp³-hybridized carbons (Fsp3) is 0.538. The molecule has 1 unspecified atom stereocenters. The van der Waals surface area contributed by atoms with Crippen LogP contribution in [0.1, 0.15) is 18.3 Å². The summed E-state index contributed by atoms with van der Waals surface area (Å²) in [7, 11) is 1.87. The minimum absolute atomic E-state index is 0.390. The van der Waals surface area contributed by atoms with E-state index in [-0.39, 0.29) is 0 Å². The van der Waals surface area contributed by atoms with Crippen molar-refractivity contribution >= 4 is 0 Å². The molecule has 18 heavy (non-hydrogen) atoms. The first kappa shape index (κ1) is 14.4. The first-order valence-electron chi connectivity index (χ1n) is 5.92. The van der Waals surface area contributed by atoms with Crippen LogP contribution in [0.15, 0.2) is 12.1 Å². The van der Waals surface area contributed by atoms with Crippen molar-refractivity contribution < 1.29 is 9.47 Å². The Morgan fingerprint density at radius 3 is 2.89 bits per heavy atom. The number of ether oxygens (including phenoxy) is 2. The van der Waals surface area contributed by atoms with Gasteiger partial charge in [0.1, 0.15) is 18.5 Å². The van der Waals surface area contributed by atoms with Crippen molar-refractivity contribution in [3.63, 3.8) is 0 Å². The zero-order valence-corrected chi connectivity index (χ0v) is 11.1. The van der Waals surface area contributed by atoms with Crippen LogP contribution in [0.25, 0.3) is 0 Å². The number of aryl methyl sites for hydroxylation is 1. The number of nitrogens with one attached hydrogen (secondary N) is 1. The molecule has 1 rings (SSSR count). The number of rotatable bonds is 7. The third-order valence-electron chi connectivity index (χ3n) is 2.31. The number of hydrogen-bond acceptors (Lipinski definition) is 5. The highest BCUT2D eigenvalue weighted by atomic mass is 16.5. The summed E-state index contributed by atoms with van der Waals surface area (Å²) < 4.78 is 10.8. The molecule has 1 atom stereocenters. The molecule has 1 aromatic heterocycles. The van der Waals surface area contributed by atoms with Gasteiger partial charge in [-0.3, -0.25) is 4.98 Å². The smallest absolute Gasteiger partial charge is 0.142 e. The van der Waals surface area contributed by atoms with E-state index in [9.17, 15) is 0 Å². The SMILES string of the molecule is CNCc1nc(C)ccc1OCCOC(C)C#N. The molecule has 0 fully saturated rings. The first-order chi connectivity index (χ1) is 8.67. The molecule has 0 bridgehead atoms. The van der Waals surface area contributed by atoms with Gasteiger partial charge in [-0.2, -0.15) is 5.26 Å². The van der Waals surface area contributed by atoms with E-state index in [1.807, 2.05) is 32.2 Å². The maximum atomic E-state index is 8.56. The molecule has 1 N–H and O–H groups in total. The van der Waals surface area contributed by atoms with Crippen molar-refractivity contribution in [2.75, 3.05) is 20.3 Å². The van der Waals surface area contributed by atoms with Gasteiger partial charge in [-0.05, 0) is 33.0 Å². The molecule has 0 aromatic carbocycles. The summed E-state index contributed by atoms with van der Waals surface area (Å²) >= 11 is 0. The molecule has 0 saturated carbocycles. The van der Waals surface area contributed by atoms with E-state index in [0.717, 1.165) is 17.1 Å². The van der Waals surface area contributed by atoms with E-state index in [0.29, 0.717) is 19.8 Å². The van der Waals surface area contributed by atoms with E-state index in [4.69, 9.17) is 14.7 Å². The van der Waals surface area contributed by atoms with Crippen LogP contribution in [0.4, 0.5) is 0 Å². The Balaban J connectivity index is 2.49. The normalized spacial score (nSPS) is 11.9. The Morgan fingerprint density at radius 2 is 2.22 bits per heavy atom. The topological polar surface area (TPSA) is 67.2 Å². The summed E-state index contributed by atoms with van der Waals surface area (Å²) in [5.41, 5.74) is 1.84. The zero-order valence-electron chi connectivity index (χ0n) is 11.1. The Morgan fingerprint density at radius 1 is 1.44 bits per heavy atom. The van der Waals surface area contributed by atoms with Crippen LogP contribution < -0.4 is 10.1 Å². The second-order valence-electron chi connectivity index (χ2n) is 3.92. The molecule has 5 heteroatoms. The minimum atomic E-state index is -0.401. The molecule has 0 aliphatic carbocycles. The van der Waals surface area contributed by atoms with Crippen LogP contribution in [0, 0.1) is 18.3 Å². The van der Waals surface area contributed by atoms with Gasteiger partial charge in [-0.15, -0.1) is 0 Å². The van der Waals surface area contributed by atoms with Crippen molar-refractivity contribution in [3.8, 4) is 11.8 Å². The monoisotopic (exact) mass is 249 g/mol. The highest BCUT2D eigenvalue weighted by Crippen LogP contribution is 2.16. The quantitative estimate of drug-likeness (QED) is 0.740. The lowest BCUT2D eigenvalue weighted by molar-refractivity contribution is 0.0740. The Kier molecular flexibility index (Phi) is 6.12. The van der Waals surface area contributed by atoms with Crippen LogP contribution in [0.2, 0.25) is 0 Å². The molecule has 0 aliphatic heterocycles. The lowest BCUT2D eigenvalue weighted by Crippen LogP contribution is -2.15. The average Bonchev–Trinajstić information content (AvgIpc) is 2.36. The lowest BCUT2D eigenvalue weighted by Gasteiger charge is -2.12. The molecule has 1 heterocycles. The second kappa shape index (κ2) is 7.64. The van der Waals surface area contributed by atoms with Crippen molar-refractivity contribution in [1.29, 1.82) is 5.26 Å². The highest BCUT2D eigenvalue weighted by molar-refractivity contribution is 5.29. The largest absolute Gasteiger partial charge is 0.489 e. The average molecular weight is 249 g/mol. The van der Waals surface area contributed by atoms with Gasteiger partial charge in [0.05, 0.1) is 18.4 Å². The van der Waals surface area contributed by atoms with Crippen molar-refractivity contribution in [1.82, 2.24) is 10.3 Å². The molecule has 0 aliphatic rings. The van der Waals surface area contributed by atoms with E-state index < -0.39 is 6.10 Å². The van der Waals surface area contributed by atoms with Crippen LogP contribution in [-0.4, -0.2) is 31.3 Å². The van der Waals surface area contributed by atoms with Gasteiger partial charge >= 0.3 is 0 Å². The van der Waals surface area contributed by atoms with Gasteiger partial charge in [-0.1, -0.05) is 0 Å². The fourth-order valence-electron chi connectivity index (χ4n) is 1.44. The van der Waals surface area contributed by atoms with Crippen LogP contribution in [0.3, 0.4) is 0 Å². The highest BCUT2D eigenvalue weighted by Gasteiger charge is 2.05. The molecule has 0 saturated heterocycles. The number of pyridine rings is 1. The van der Waals surface area contributed by atoms with Gasteiger partial charge in [0, 0.05) is 12.2 Å². The summed E-state index contributed by atoms with van der Waals surface area (Å²) in [6.45, 7) is 5.11. The molecule has 5 nitrogen and oxygen atoms in total. The van der Waals surface area contributed by atoms with E-state index in [1.165, 1.54) is 0 Å². The first-order valence-corrected chi connectivity index (χ1v) is 5.92. The summed E-state index contributed by atoms with van der Waals surface area (Å²) in [5, 5.41) is 11.6. The lowest BCUT2D eigenvalue weighted by atomic mass is 10.3. The number of hydrogen-bond donors (Lipinski definition) is 1. The number of aromatic nitrogens is 1. The van der Waals surface area contributed by atoms with E-state index in [2.05, 4.69) is 10.3 Å². The van der Waals surface area contributed by atoms with Gasteiger partial charge in [0.25, 0.3) is 0 Å². The number of nitriles is 1. The van der Waals surface area contributed by atoms with Gasteiger partial charge < -0.3 is 14.8 Å². The Hall–Kier alpha value is -1.64. The molecular weight excluding hydrogens is 230 g/mol. The summed E-state index contributed by atoms with van der Waals surface area (Å²) in [6, 6.07) is 5.82. The molecule has 0 amide bonds. The molecular formula is C13H19N3O2. The van der Waals surface area contributed by atoms with Crippen LogP contribution in [0.5, 0.6) is 5.75 Å². The second-order valence-corrected chi connectivity index (χ2v) is 3.92. The predicted octanol–water partition coefficient (Wildman–Crippen LogP) is 1.42. The predicted molar refractivity (Wildman–Crippen MR) is 68.3 cm³/mol. The molecule has 1 aromatic rings. The zero-order chi connectivity index (χ0) is 13.4. The summed E-state index contributed by atoms with van der Waals surface area (Å²) in [5.74, 6) is 0.753. The van der Waals surface area contributed by atoms with Crippen LogP contribution in [-0.2, 0) is 11.3 Å². The standard InChI is InChI=1S/C13H19N3O2/c1-10-4-5-13(12(16-10)9-15-3)18-7-6-17-11(2)8-14/h4-5,11,15H,6-7,9H2,1-3H3.